The summed E-state index contributed by atoms with van der Waals surface area (Å²) in [6.07, 6.45) is 5.50. The Morgan fingerprint density at radius 1 is 1.41 bits per heavy atom. The van der Waals surface area contributed by atoms with Crippen molar-refractivity contribution in [2.75, 3.05) is 0 Å². The lowest BCUT2D eigenvalue weighted by Gasteiger charge is -2.32. The zero-order valence-electron chi connectivity index (χ0n) is 9.65. The SMILES string of the molecule is N=C1C(C(N)=O)=C(O)C2CC3CCCCC3N12. The van der Waals surface area contributed by atoms with Crippen molar-refractivity contribution in [3.05, 3.63) is 11.3 Å². The molecular weight excluding hydrogens is 218 g/mol. The van der Waals surface area contributed by atoms with Crippen LogP contribution < -0.4 is 5.73 Å². The molecule has 1 saturated carbocycles. The predicted octanol–water partition coefficient (Wildman–Crippen LogP) is 0.908. The second-order valence-corrected chi connectivity index (χ2v) is 5.24. The van der Waals surface area contributed by atoms with E-state index in [1.165, 1.54) is 19.3 Å². The van der Waals surface area contributed by atoms with Gasteiger partial charge >= 0.3 is 0 Å². The fourth-order valence-corrected chi connectivity index (χ4v) is 3.69. The largest absolute Gasteiger partial charge is 0.509 e. The van der Waals surface area contributed by atoms with E-state index in [0.717, 1.165) is 12.8 Å². The van der Waals surface area contributed by atoms with Crippen LogP contribution in [0.25, 0.3) is 0 Å². The van der Waals surface area contributed by atoms with Gasteiger partial charge in [-0.1, -0.05) is 12.8 Å². The molecule has 0 bridgehead atoms. The summed E-state index contributed by atoms with van der Waals surface area (Å²) >= 11 is 0. The van der Waals surface area contributed by atoms with Crippen molar-refractivity contribution in [1.82, 2.24) is 4.90 Å². The Bertz CT molecular complexity index is 429. The molecule has 0 spiro atoms. The third-order valence-electron chi connectivity index (χ3n) is 4.40. The number of hydrogen-bond acceptors (Lipinski definition) is 3. The summed E-state index contributed by atoms with van der Waals surface area (Å²) in [6.45, 7) is 0. The molecule has 5 heteroatoms. The molecular formula is C12H17N3O2. The van der Waals surface area contributed by atoms with Crippen molar-refractivity contribution < 1.29 is 9.90 Å². The quantitative estimate of drug-likeness (QED) is 0.631. The van der Waals surface area contributed by atoms with Crippen LogP contribution in [0.15, 0.2) is 11.3 Å². The first-order chi connectivity index (χ1) is 8.11. The first-order valence-corrected chi connectivity index (χ1v) is 6.21. The van der Waals surface area contributed by atoms with E-state index >= 15 is 0 Å². The topological polar surface area (TPSA) is 90.4 Å². The highest BCUT2D eigenvalue weighted by Crippen LogP contribution is 2.45. The number of carbonyl (C=O) groups excluding carboxylic acids is 1. The van der Waals surface area contributed by atoms with Gasteiger partial charge in [-0.25, -0.2) is 0 Å². The van der Waals surface area contributed by atoms with Crippen molar-refractivity contribution in [2.24, 2.45) is 11.7 Å². The number of nitrogens with zero attached hydrogens (tertiary/aromatic N) is 1. The van der Waals surface area contributed by atoms with Gasteiger partial charge in [0.15, 0.2) is 0 Å². The smallest absolute Gasteiger partial charge is 0.255 e. The first kappa shape index (κ1) is 10.6. The van der Waals surface area contributed by atoms with E-state index in [1.54, 1.807) is 0 Å². The standard InChI is InChI=1S/C12H17N3O2/c13-11-9(12(14)17)10(16)8-5-6-3-1-2-4-7(6)15(8)11/h6-8,13,16H,1-5H2,(H2,14,17). The van der Waals surface area contributed by atoms with Crippen molar-refractivity contribution >= 4 is 11.7 Å². The van der Waals surface area contributed by atoms with E-state index in [4.69, 9.17) is 11.1 Å². The number of carbonyl (C=O) groups is 1. The molecule has 1 saturated heterocycles. The molecule has 2 heterocycles. The van der Waals surface area contributed by atoms with E-state index < -0.39 is 5.91 Å². The second kappa shape index (κ2) is 3.48. The van der Waals surface area contributed by atoms with Crippen LogP contribution >= 0.6 is 0 Å². The van der Waals surface area contributed by atoms with E-state index in [1.807, 2.05) is 4.90 Å². The van der Waals surface area contributed by atoms with E-state index in [-0.39, 0.29) is 23.2 Å². The van der Waals surface area contributed by atoms with Gasteiger partial charge in [-0.2, -0.15) is 0 Å². The zero-order valence-corrected chi connectivity index (χ0v) is 9.65. The Balaban J connectivity index is 1.96. The number of rotatable bonds is 1. The Morgan fingerprint density at radius 2 is 2.12 bits per heavy atom. The highest BCUT2D eigenvalue weighted by Gasteiger charge is 2.51. The summed E-state index contributed by atoms with van der Waals surface area (Å²) in [6, 6.07) is 0.151. The van der Waals surface area contributed by atoms with Crippen LogP contribution in [-0.2, 0) is 4.79 Å². The lowest BCUT2D eigenvalue weighted by atomic mass is 9.84. The molecule has 1 aliphatic carbocycles. The van der Waals surface area contributed by atoms with Crippen LogP contribution in [-0.4, -0.2) is 33.8 Å². The van der Waals surface area contributed by atoms with Crippen LogP contribution in [0.2, 0.25) is 0 Å². The van der Waals surface area contributed by atoms with Crippen LogP contribution in [0.5, 0.6) is 0 Å². The fourth-order valence-electron chi connectivity index (χ4n) is 3.69. The lowest BCUT2D eigenvalue weighted by Crippen LogP contribution is -2.40. The average molecular weight is 235 g/mol. The van der Waals surface area contributed by atoms with Gasteiger partial charge in [-0.3, -0.25) is 10.2 Å². The number of nitrogens with two attached hydrogens (primary N) is 1. The van der Waals surface area contributed by atoms with E-state index in [0.29, 0.717) is 12.0 Å². The monoisotopic (exact) mass is 235 g/mol. The van der Waals surface area contributed by atoms with Gasteiger partial charge in [0.1, 0.15) is 17.2 Å². The van der Waals surface area contributed by atoms with Crippen LogP contribution in [0.4, 0.5) is 0 Å². The summed E-state index contributed by atoms with van der Waals surface area (Å²) in [5.74, 6) is 0.0336. The minimum atomic E-state index is -0.686. The molecule has 0 aromatic heterocycles. The third-order valence-corrected chi connectivity index (χ3v) is 4.40. The Kier molecular flexibility index (Phi) is 2.18. The highest BCUT2D eigenvalue weighted by atomic mass is 16.3. The molecule has 3 atom stereocenters. The number of aliphatic hydroxyl groups excluding tert-OH is 1. The molecule has 3 aliphatic rings. The summed E-state index contributed by atoms with van der Waals surface area (Å²) in [4.78, 5) is 13.2. The van der Waals surface area contributed by atoms with Gasteiger partial charge in [-0.05, 0) is 25.2 Å². The minimum Gasteiger partial charge on any atom is -0.509 e. The second-order valence-electron chi connectivity index (χ2n) is 5.24. The van der Waals surface area contributed by atoms with Gasteiger partial charge < -0.3 is 15.7 Å². The number of amidine groups is 1. The van der Waals surface area contributed by atoms with Gasteiger partial charge in [0, 0.05) is 6.04 Å². The van der Waals surface area contributed by atoms with Crippen molar-refractivity contribution in [3.63, 3.8) is 0 Å². The third kappa shape index (κ3) is 1.31. The summed E-state index contributed by atoms with van der Waals surface area (Å²) in [5.41, 5.74) is 5.25. The number of nitrogens with one attached hydrogen (secondary N) is 1. The molecule has 2 aliphatic heterocycles. The molecule has 17 heavy (non-hydrogen) atoms. The number of aliphatic hydroxyl groups is 1. The van der Waals surface area contributed by atoms with Crippen LogP contribution in [0.1, 0.15) is 32.1 Å². The predicted molar refractivity (Wildman–Crippen MR) is 62.6 cm³/mol. The Morgan fingerprint density at radius 3 is 2.82 bits per heavy atom. The summed E-state index contributed by atoms with van der Waals surface area (Å²) in [7, 11) is 0. The summed E-state index contributed by atoms with van der Waals surface area (Å²) in [5, 5.41) is 18.1. The molecule has 2 fully saturated rings. The molecule has 5 nitrogen and oxygen atoms in total. The molecule has 0 aromatic carbocycles. The van der Waals surface area contributed by atoms with Crippen molar-refractivity contribution in [1.29, 1.82) is 5.41 Å². The lowest BCUT2D eigenvalue weighted by molar-refractivity contribution is -0.114. The number of amides is 1. The van der Waals surface area contributed by atoms with Gasteiger partial charge in [0.2, 0.25) is 0 Å². The molecule has 0 radical (unpaired) electrons. The number of fused-ring (bicyclic) bond motifs is 3. The maximum absolute atomic E-state index is 11.3. The fraction of sp³-hybridized carbons (Fsp3) is 0.667. The average Bonchev–Trinajstić information content (AvgIpc) is 2.76. The highest BCUT2D eigenvalue weighted by molar-refractivity contribution is 6.21. The van der Waals surface area contributed by atoms with Gasteiger partial charge in [0.25, 0.3) is 5.91 Å². The van der Waals surface area contributed by atoms with E-state index in [9.17, 15) is 9.90 Å². The minimum absolute atomic E-state index is 0.0249. The zero-order chi connectivity index (χ0) is 12.2. The van der Waals surface area contributed by atoms with Crippen LogP contribution in [0.3, 0.4) is 0 Å². The van der Waals surface area contributed by atoms with Crippen LogP contribution in [0, 0.1) is 11.3 Å². The van der Waals surface area contributed by atoms with E-state index in [2.05, 4.69) is 0 Å². The molecule has 92 valence electrons. The molecule has 3 rings (SSSR count). The molecule has 4 N–H and O–H groups in total. The summed E-state index contributed by atoms with van der Waals surface area (Å²) < 4.78 is 0. The number of primary amides is 1. The first-order valence-electron chi connectivity index (χ1n) is 6.21. The van der Waals surface area contributed by atoms with Gasteiger partial charge in [-0.15, -0.1) is 0 Å². The van der Waals surface area contributed by atoms with Gasteiger partial charge in [0.05, 0.1) is 6.04 Å². The molecule has 1 amide bonds. The Hall–Kier alpha value is -1.52. The van der Waals surface area contributed by atoms with Crippen molar-refractivity contribution in [2.45, 2.75) is 44.2 Å². The Labute approximate surface area is 99.8 Å². The molecule has 0 aromatic rings. The maximum atomic E-state index is 11.3. The van der Waals surface area contributed by atoms with Crippen molar-refractivity contribution in [3.8, 4) is 0 Å². The maximum Gasteiger partial charge on any atom is 0.255 e. The normalized spacial score (nSPS) is 36.1. The number of hydrogen-bond donors (Lipinski definition) is 3. The molecule has 3 unspecified atom stereocenters.